The van der Waals surface area contributed by atoms with Crippen LogP contribution in [0.2, 0.25) is 0 Å². The molecule has 0 spiro atoms. The summed E-state index contributed by atoms with van der Waals surface area (Å²) >= 11 is 8.75. The first kappa shape index (κ1) is 14.3. The predicted octanol–water partition coefficient (Wildman–Crippen LogP) is 5.51. The second kappa shape index (κ2) is 6.85. The summed E-state index contributed by atoms with van der Waals surface area (Å²) in [7, 11) is 0. The van der Waals surface area contributed by atoms with Crippen molar-refractivity contribution in [1.29, 1.82) is 0 Å². The van der Waals surface area contributed by atoms with Gasteiger partial charge in [-0.1, -0.05) is 35.0 Å². The molecule has 1 N–H and O–H groups in total. The van der Waals surface area contributed by atoms with Crippen LogP contribution in [0.5, 0.6) is 0 Å². The van der Waals surface area contributed by atoms with Gasteiger partial charge in [0.05, 0.1) is 3.79 Å². The van der Waals surface area contributed by atoms with Gasteiger partial charge in [0.25, 0.3) is 0 Å². The van der Waals surface area contributed by atoms with Crippen LogP contribution in [-0.2, 0) is 6.54 Å². The molecule has 0 aliphatic carbocycles. The van der Waals surface area contributed by atoms with E-state index < -0.39 is 0 Å². The largest absolute Gasteiger partial charge is 0.305 e. The van der Waals surface area contributed by atoms with Crippen molar-refractivity contribution in [2.45, 2.75) is 25.9 Å². The van der Waals surface area contributed by atoms with Crippen LogP contribution in [0.4, 0.5) is 0 Å². The van der Waals surface area contributed by atoms with Crippen LogP contribution in [0.15, 0.2) is 44.7 Å². The van der Waals surface area contributed by atoms with Crippen molar-refractivity contribution in [3.63, 3.8) is 0 Å². The SMILES string of the molecule is CCC(NCc1ccc(Br)s1)c1ccc(Br)cc1. The molecule has 18 heavy (non-hydrogen) atoms. The van der Waals surface area contributed by atoms with E-state index in [1.807, 2.05) is 0 Å². The summed E-state index contributed by atoms with van der Waals surface area (Å²) in [4.78, 5) is 1.36. The topological polar surface area (TPSA) is 12.0 Å². The van der Waals surface area contributed by atoms with Crippen LogP contribution in [0.25, 0.3) is 0 Å². The molecule has 0 fully saturated rings. The summed E-state index contributed by atoms with van der Waals surface area (Å²) in [6.07, 6.45) is 1.09. The highest BCUT2D eigenvalue weighted by molar-refractivity contribution is 9.11. The Morgan fingerprint density at radius 1 is 1.11 bits per heavy atom. The summed E-state index contributed by atoms with van der Waals surface area (Å²) < 4.78 is 2.32. The van der Waals surface area contributed by atoms with Gasteiger partial charge in [0.1, 0.15) is 0 Å². The number of nitrogens with one attached hydrogen (secondary N) is 1. The molecule has 1 aromatic heterocycles. The molecule has 0 radical (unpaired) electrons. The minimum atomic E-state index is 0.416. The van der Waals surface area contributed by atoms with Crippen LogP contribution >= 0.6 is 43.2 Å². The summed E-state index contributed by atoms with van der Waals surface area (Å²) in [6, 6.07) is 13.2. The first-order valence-electron chi connectivity index (χ1n) is 5.92. The standard InChI is InChI=1S/C14H15Br2NS/c1-2-13(10-3-5-11(15)6-4-10)17-9-12-7-8-14(16)18-12/h3-8,13,17H,2,9H2,1H3. The third-order valence-electron chi connectivity index (χ3n) is 2.83. The third kappa shape index (κ3) is 3.92. The zero-order chi connectivity index (χ0) is 13.0. The molecule has 2 rings (SSSR count). The van der Waals surface area contributed by atoms with Crippen molar-refractivity contribution in [2.75, 3.05) is 0 Å². The molecule has 0 aliphatic rings. The molecule has 96 valence electrons. The second-order valence-corrected chi connectivity index (χ2v) is 7.56. The van der Waals surface area contributed by atoms with E-state index in [1.54, 1.807) is 11.3 Å². The average molecular weight is 389 g/mol. The number of hydrogen-bond donors (Lipinski definition) is 1. The molecule has 0 aliphatic heterocycles. The van der Waals surface area contributed by atoms with Crippen LogP contribution in [0.3, 0.4) is 0 Å². The minimum Gasteiger partial charge on any atom is -0.305 e. The number of halogens is 2. The fourth-order valence-electron chi connectivity index (χ4n) is 1.86. The molecule has 1 nitrogen and oxygen atoms in total. The van der Waals surface area contributed by atoms with Gasteiger partial charge in [-0.2, -0.15) is 0 Å². The zero-order valence-electron chi connectivity index (χ0n) is 10.1. The molecular formula is C14H15Br2NS. The Bertz CT molecular complexity index is 493. The molecule has 1 unspecified atom stereocenters. The van der Waals surface area contributed by atoms with E-state index in [0.717, 1.165) is 17.4 Å². The first-order chi connectivity index (χ1) is 8.69. The van der Waals surface area contributed by atoms with Crippen molar-refractivity contribution in [2.24, 2.45) is 0 Å². The molecular weight excluding hydrogens is 374 g/mol. The highest BCUT2D eigenvalue weighted by Crippen LogP contribution is 2.24. The second-order valence-electron chi connectivity index (χ2n) is 4.10. The van der Waals surface area contributed by atoms with Gasteiger partial charge in [-0.15, -0.1) is 11.3 Å². The van der Waals surface area contributed by atoms with Gasteiger partial charge in [-0.05, 0) is 52.2 Å². The number of benzene rings is 1. The van der Waals surface area contributed by atoms with E-state index >= 15 is 0 Å². The van der Waals surface area contributed by atoms with Gasteiger partial charge in [0.2, 0.25) is 0 Å². The monoisotopic (exact) mass is 387 g/mol. The van der Waals surface area contributed by atoms with Gasteiger partial charge in [0, 0.05) is 21.9 Å². The van der Waals surface area contributed by atoms with Crippen molar-refractivity contribution >= 4 is 43.2 Å². The normalized spacial score (nSPS) is 12.6. The molecule has 0 saturated carbocycles. The first-order valence-corrected chi connectivity index (χ1v) is 8.32. The van der Waals surface area contributed by atoms with Crippen LogP contribution < -0.4 is 5.32 Å². The van der Waals surface area contributed by atoms with Gasteiger partial charge in [0.15, 0.2) is 0 Å². The van der Waals surface area contributed by atoms with Crippen molar-refractivity contribution in [3.8, 4) is 0 Å². The van der Waals surface area contributed by atoms with Gasteiger partial charge < -0.3 is 5.32 Å². The van der Waals surface area contributed by atoms with Gasteiger partial charge in [-0.3, -0.25) is 0 Å². The lowest BCUT2D eigenvalue weighted by Crippen LogP contribution is -2.19. The quantitative estimate of drug-likeness (QED) is 0.711. The van der Waals surface area contributed by atoms with Crippen molar-refractivity contribution in [1.82, 2.24) is 5.32 Å². The lowest BCUT2D eigenvalue weighted by atomic mass is 10.0. The maximum Gasteiger partial charge on any atom is 0.0701 e. The van der Waals surface area contributed by atoms with E-state index in [0.29, 0.717) is 6.04 Å². The number of hydrogen-bond acceptors (Lipinski definition) is 2. The molecule has 0 saturated heterocycles. The maximum atomic E-state index is 3.61. The zero-order valence-corrected chi connectivity index (χ0v) is 14.1. The lowest BCUT2D eigenvalue weighted by Gasteiger charge is -2.17. The Morgan fingerprint density at radius 3 is 2.39 bits per heavy atom. The Morgan fingerprint density at radius 2 is 1.83 bits per heavy atom. The van der Waals surface area contributed by atoms with Gasteiger partial charge in [-0.25, -0.2) is 0 Å². The lowest BCUT2D eigenvalue weighted by molar-refractivity contribution is 0.522. The smallest absolute Gasteiger partial charge is 0.0701 e. The van der Waals surface area contributed by atoms with Crippen molar-refractivity contribution < 1.29 is 0 Å². The Labute approximate surface area is 129 Å². The molecule has 0 amide bonds. The van der Waals surface area contributed by atoms with Crippen LogP contribution in [0, 0.1) is 0 Å². The molecule has 1 aromatic carbocycles. The van der Waals surface area contributed by atoms with Gasteiger partial charge >= 0.3 is 0 Å². The maximum absolute atomic E-state index is 3.61. The minimum absolute atomic E-state index is 0.416. The molecule has 1 atom stereocenters. The summed E-state index contributed by atoms with van der Waals surface area (Å²) in [5, 5.41) is 3.61. The third-order valence-corrected chi connectivity index (χ3v) is 4.98. The van der Waals surface area contributed by atoms with E-state index in [2.05, 4.69) is 80.5 Å². The van der Waals surface area contributed by atoms with Crippen LogP contribution in [-0.4, -0.2) is 0 Å². The summed E-state index contributed by atoms with van der Waals surface area (Å²) in [5.74, 6) is 0. The number of rotatable bonds is 5. The van der Waals surface area contributed by atoms with Crippen LogP contribution in [0.1, 0.15) is 29.8 Å². The highest BCUT2D eigenvalue weighted by Gasteiger charge is 2.09. The molecule has 1 heterocycles. The predicted molar refractivity (Wildman–Crippen MR) is 86.0 cm³/mol. The van der Waals surface area contributed by atoms with E-state index in [-0.39, 0.29) is 0 Å². The summed E-state index contributed by atoms with van der Waals surface area (Å²) in [5.41, 5.74) is 1.34. The summed E-state index contributed by atoms with van der Waals surface area (Å²) in [6.45, 7) is 3.13. The Hall–Kier alpha value is -0.160. The van der Waals surface area contributed by atoms with E-state index in [4.69, 9.17) is 0 Å². The molecule has 2 aromatic rings. The molecule has 0 bridgehead atoms. The fourth-order valence-corrected chi connectivity index (χ4v) is 3.56. The number of thiophene rings is 1. The molecule has 4 heteroatoms. The van der Waals surface area contributed by atoms with E-state index in [1.165, 1.54) is 14.2 Å². The van der Waals surface area contributed by atoms with Crippen molar-refractivity contribution in [3.05, 3.63) is 55.1 Å². The average Bonchev–Trinajstić information content (AvgIpc) is 2.78. The van der Waals surface area contributed by atoms with E-state index in [9.17, 15) is 0 Å². The Kier molecular flexibility index (Phi) is 5.42. The fraction of sp³-hybridized carbons (Fsp3) is 0.286. The Balaban J connectivity index is 1.99. The highest BCUT2D eigenvalue weighted by atomic mass is 79.9.